The topological polar surface area (TPSA) is 81.9 Å². The minimum Gasteiger partial charge on any atom is -0.457 e. The van der Waals surface area contributed by atoms with Gasteiger partial charge in [0.25, 0.3) is 0 Å². The lowest BCUT2D eigenvalue weighted by molar-refractivity contribution is -0.120. The van der Waals surface area contributed by atoms with E-state index in [9.17, 15) is 4.79 Å². The van der Waals surface area contributed by atoms with Crippen LogP contribution >= 0.6 is 0 Å². The Kier molecular flexibility index (Phi) is 5.80. The molecule has 1 amide bonds. The van der Waals surface area contributed by atoms with Crippen LogP contribution in [0.2, 0.25) is 0 Å². The van der Waals surface area contributed by atoms with Gasteiger partial charge < -0.3 is 10.1 Å². The van der Waals surface area contributed by atoms with Gasteiger partial charge in [0.1, 0.15) is 17.8 Å². The van der Waals surface area contributed by atoms with Gasteiger partial charge in [0, 0.05) is 12.1 Å². The number of nitrogens with zero attached hydrogens (tertiary/aromatic N) is 4. The molecular weight excluding hydrogens is 378 g/mol. The smallest absolute Gasteiger partial charge is 0.224 e. The van der Waals surface area contributed by atoms with Crippen molar-refractivity contribution >= 4 is 5.91 Å². The maximum atomic E-state index is 12.4. The highest BCUT2D eigenvalue weighted by Gasteiger charge is 2.08. The van der Waals surface area contributed by atoms with Crippen molar-refractivity contribution < 1.29 is 9.53 Å². The Morgan fingerprint density at radius 3 is 2.50 bits per heavy atom. The van der Waals surface area contributed by atoms with Crippen molar-refractivity contribution in [1.82, 2.24) is 25.5 Å². The van der Waals surface area contributed by atoms with E-state index in [1.54, 1.807) is 4.68 Å². The van der Waals surface area contributed by atoms with Crippen LogP contribution in [0.5, 0.6) is 11.5 Å². The molecule has 30 heavy (non-hydrogen) atoms. The van der Waals surface area contributed by atoms with Crippen LogP contribution in [0.25, 0.3) is 5.69 Å². The summed E-state index contributed by atoms with van der Waals surface area (Å²) in [5.74, 6) is 1.44. The standard InChI is InChI=1S/C23H21N5O2/c1-17-6-12-21(13-7-17)30-22-5-3-2-4-19(22)15-24-23(29)14-18-8-10-20(11-9-18)28-16-25-26-27-28/h2-13,16H,14-15H2,1H3,(H,24,29). The van der Waals surface area contributed by atoms with Gasteiger partial charge in [0.15, 0.2) is 0 Å². The molecule has 0 unspecified atom stereocenters. The van der Waals surface area contributed by atoms with E-state index < -0.39 is 0 Å². The first kappa shape index (κ1) is 19.3. The van der Waals surface area contributed by atoms with Gasteiger partial charge in [-0.15, -0.1) is 5.10 Å². The van der Waals surface area contributed by atoms with E-state index in [1.807, 2.05) is 79.7 Å². The minimum atomic E-state index is -0.0599. The van der Waals surface area contributed by atoms with Gasteiger partial charge >= 0.3 is 0 Å². The molecule has 0 saturated carbocycles. The Balaban J connectivity index is 1.35. The van der Waals surface area contributed by atoms with E-state index in [0.29, 0.717) is 6.54 Å². The van der Waals surface area contributed by atoms with E-state index in [-0.39, 0.29) is 12.3 Å². The molecule has 0 aliphatic heterocycles. The third-order valence-corrected chi connectivity index (χ3v) is 4.61. The van der Waals surface area contributed by atoms with E-state index in [0.717, 1.165) is 28.3 Å². The lowest BCUT2D eigenvalue weighted by Gasteiger charge is -2.12. The number of hydrogen-bond acceptors (Lipinski definition) is 5. The number of carbonyl (C=O) groups is 1. The first-order chi connectivity index (χ1) is 14.7. The van der Waals surface area contributed by atoms with Crippen molar-refractivity contribution in [2.75, 3.05) is 0 Å². The second kappa shape index (κ2) is 9.00. The molecule has 0 fully saturated rings. The minimum absolute atomic E-state index is 0.0599. The predicted octanol–water partition coefficient (Wildman–Crippen LogP) is 3.62. The summed E-state index contributed by atoms with van der Waals surface area (Å²) in [5.41, 5.74) is 3.84. The summed E-state index contributed by atoms with van der Waals surface area (Å²) >= 11 is 0. The molecule has 0 radical (unpaired) electrons. The fraction of sp³-hybridized carbons (Fsp3) is 0.130. The van der Waals surface area contributed by atoms with Crippen molar-refractivity contribution in [2.45, 2.75) is 19.9 Å². The van der Waals surface area contributed by atoms with Crippen LogP contribution in [0.3, 0.4) is 0 Å². The Bertz CT molecular complexity index is 1110. The van der Waals surface area contributed by atoms with Gasteiger partial charge in [-0.25, -0.2) is 4.68 Å². The molecule has 7 heteroatoms. The molecule has 3 aromatic carbocycles. The number of aromatic nitrogens is 4. The van der Waals surface area contributed by atoms with Crippen LogP contribution in [-0.4, -0.2) is 26.1 Å². The number of para-hydroxylation sites is 1. The Labute approximate surface area is 174 Å². The van der Waals surface area contributed by atoms with Crippen molar-refractivity contribution in [1.29, 1.82) is 0 Å². The molecule has 0 saturated heterocycles. The zero-order valence-corrected chi connectivity index (χ0v) is 16.5. The largest absolute Gasteiger partial charge is 0.457 e. The quantitative estimate of drug-likeness (QED) is 0.513. The van der Waals surface area contributed by atoms with E-state index in [1.165, 1.54) is 11.9 Å². The molecule has 0 aliphatic rings. The van der Waals surface area contributed by atoms with Crippen LogP contribution in [0.1, 0.15) is 16.7 Å². The Hall–Kier alpha value is -4.00. The molecule has 4 aromatic rings. The number of rotatable bonds is 7. The molecule has 1 heterocycles. The van der Waals surface area contributed by atoms with Crippen LogP contribution < -0.4 is 10.1 Å². The predicted molar refractivity (Wildman–Crippen MR) is 112 cm³/mol. The normalized spacial score (nSPS) is 10.6. The van der Waals surface area contributed by atoms with Crippen LogP contribution in [-0.2, 0) is 17.8 Å². The number of benzene rings is 3. The van der Waals surface area contributed by atoms with Gasteiger partial charge in [-0.05, 0) is 53.2 Å². The first-order valence-electron chi connectivity index (χ1n) is 9.59. The van der Waals surface area contributed by atoms with Gasteiger partial charge in [-0.1, -0.05) is 48.0 Å². The fourth-order valence-electron chi connectivity index (χ4n) is 2.97. The van der Waals surface area contributed by atoms with Crippen LogP contribution in [0, 0.1) is 6.92 Å². The fourth-order valence-corrected chi connectivity index (χ4v) is 2.97. The summed E-state index contributed by atoms with van der Waals surface area (Å²) in [6.45, 7) is 2.43. The summed E-state index contributed by atoms with van der Waals surface area (Å²) in [5, 5.41) is 14.1. The highest BCUT2D eigenvalue weighted by molar-refractivity contribution is 5.78. The lowest BCUT2D eigenvalue weighted by atomic mass is 10.1. The maximum Gasteiger partial charge on any atom is 0.224 e. The number of nitrogens with one attached hydrogen (secondary N) is 1. The average Bonchev–Trinajstić information content (AvgIpc) is 3.30. The highest BCUT2D eigenvalue weighted by atomic mass is 16.5. The molecule has 7 nitrogen and oxygen atoms in total. The van der Waals surface area contributed by atoms with E-state index in [2.05, 4.69) is 20.8 Å². The van der Waals surface area contributed by atoms with Crippen molar-refractivity contribution in [3.63, 3.8) is 0 Å². The number of amides is 1. The molecule has 0 atom stereocenters. The third-order valence-electron chi connectivity index (χ3n) is 4.61. The van der Waals surface area contributed by atoms with Crippen molar-refractivity contribution in [3.05, 3.63) is 95.8 Å². The number of hydrogen-bond donors (Lipinski definition) is 1. The first-order valence-corrected chi connectivity index (χ1v) is 9.59. The molecule has 1 N–H and O–H groups in total. The zero-order valence-electron chi connectivity index (χ0n) is 16.5. The maximum absolute atomic E-state index is 12.4. The molecule has 0 bridgehead atoms. The molecule has 0 spiro atoms. The number of ether oxygens (including phenoxy) is 1. The Morgan fingerprint density at radius 2 is 1.77 bits per heavy atom. The van der Waals surface area contributed by atoms with Crippen molar-refractivity contribution in [2.24, 2.45) is 0 Å². The second-order valence-electron chi connectivity index (χ2n) is 6.90. The van der Waals surface area contributed by atoms with E-state index in [4.69, 9.17) is 4.74 Å². The lowest BCUT2D eigenvalue weighted by Crippen LogP contribution is -2.24. The molecule has 4 rings (SSSR count). The summed E-state index contributed by atoms with van der Waals surface area (Å²) in [6.07, 6.45) is 1.81. The summed E-state index contributed by atoms with van der Waals surface area (Å²) in [6, 6.07) is 23.1. The van der Waals surface area contributed by atoms with Gasteiger partial charge in [-0.2, -0.15) is 0 Å². The summed E-state index contributed by atoms with van der Waals surface area (Å²) in [7, 11) is 0. The van der Waals surface area contributed by atoms with Gasteiger partial charge in [-0.3, -0.25) is 4.79 Å². The molecular formula is C23H21N5O2. The van der Waals surface area contributed by atoms with Crippen LogP contribution in [0.4, 0.5) is 0 Å². The second-order valence-corrected chi connectivity index (χ2v) is 6.90. The highest BCUT2D eigenvalue weighted by Crippen LogP contribution is 2.25. The molecule has 0 aliphatic carbocycles. The number of aryl methyl sites for hydroxylation is 1. The number of tetrazole rings is 1. The van der Waals surface area contributed by atoms with Crippen molar-refractivity contribution in [3.8, 4) is 17.2 Å². The monoisotopic (exact) mass is 399 g/mol. The SMILES string of the molecule is Cc1ccc(Oc2ccccc2CNC(=O)Cc2ccc(-n3cnnn3)cc2)cc1. The average molecular weight is 399 g/mol. The Morgan fingerprint density at radius 1 is 1.00 bits per heavy atom. The zero-order chi connectivity index (χ0) is 20.8. The summed E-state index contributed by atoms with van der Waals surface area (Å²) < 4.78 is 7.56. The van der Waals surface area contributed by atoms with E-state index >= 15 is 0 Å². The molecule has 1 aromatic heterocycles. The van der Waals surface area contributed by atoms with Crippen LogP contribution in [0.15, 0.2) is 79.1 Å². The molecule has 150 valence electrons. The summed E-state index contributed by atoms with van der Waals surface area (Å²) in [4.78, 5) is 12.4. The van der Waals surface area contributed by atoms with Gasteiger partial charge in [0.2, 0.25) is 5.91 Å². The third kappa shape index (κ3) is 4.88. The number of carbonyl (C=O) groups excluding carboxylic acids is 1. The van der Waals surface area contributed by atoms with Gasteiger partial charge in [0.05, 0.1) is 12.1 Å².